The Balaban J connectivity index is 2.55. The van der Waals surface area contributed by atoms with Crippen LogP contribution < -0.4 is 10.1 Å². The summed E-state index contributed by atoms with van der Waals surface area (Å²) in [6.45, 7) is 14.2. The lowest BCUT2D eigenvalue weighted by molar-refractivity contribution is 0.232. The molecule has 0 atom stereocenters. The van der Waals surface area contributed by atoms with Crippen molar-refractivity contribution in [3.63, 3.8) is 0 Å². The van der Waals surface area contributed by atoms with Gasteiger partial charge in [0.05, 0.1) is 6.10 Å². The SMILES string of the molecule is CCN(CC)CCNc1nc(C)cc(OC(C)C)n1. The summed E-state index contributed by atoms with van der Waals surface area (Å²) < 4.78 is 5.60. The third-order valence-electron chi connectivity index (χ3n) is 2.79. The third kappa shape index (κ3) is 5.87. The summed E-state index contributed by atoms with van der Waals surface area (Å²) in [5, 5.41) is 3.25. The van der Waals surface area contributed by atoms with E-state index in [1.165, 1.54) is 0 Å². The number of aromatic nitrogens is 2. The molecule has 1 aromatic rings. The summed E-state index contributed by atoms with van der Waals surface area (Å²) in [6.07, 6.45) is 0.123. The van der Waals surface area contributed by atoms with Crippen LogP contribution in [0, 0.1) is 6.92 Å². The highest BCUT2D eigenvalue weighted by Gasteiger charge is 2.05. The molecule has 0 unspecified atom stereocenters. The van der Waals surface area contributed by atoms with Crippen LogP contribution in [0.1, 0.15) is 33.4 Å². The molecule has 0 saturated heterocycles. The zero-order chi connectivity index (χ0) is 14.3. The lowest BCUT2D eigenvalue weighted by Gasteiger charge is -2.18. The molecule has 1 heterocycles. The minimum Gasteiger partial charge on any atom is -0.475 e. The van der Waals surface area contributed by atoms with Gasteiger partial charge in [0, 0.05) is 24.8 Å². The van der Waals surface area contributed by atoms with Gasteiger partial charge < -0.3 is 15.0 Å². The molecule has 0 amide bonds. The zero-order valence-corrected chi connectivity index (χ0v) is 12.7. The van der Waals surface area contributed by atoms with Crippen LogP contribution in [-0.2, 0) is 0 Å². The lowest BCUT2D eigenvalue weighted by atomic mass is 10.4. The van der Waals surface area contributed by atoms with Gasteiger partial charge in [-0.2, -0.15) is 4.98 Å². The van der Waals surface area contributed by atoms with Crippen molar-refractivity contribution < 1.29 is 4.74 Å². The number of aryl methyl sites for hydroxylation is 1. The fourth-order valence-corrected chi connectivity index (χ4v) is 1.79. The highest BCUT2D eigenvalue weighted by molar-refractivity contribution is 5.30. The van der Waals surface area contributed by atoms with E-state index in [9.17, 15) is 0 Å². The number of nitrogens with one attached hydrogen (secondary N) is 1. The maximum Gasteiger partial charge on any atom is 0.226 e. The molecule has 5 nitrogen and oxygen atoms in total. The van der Waals surface area contributed by atoms with Crippen molar-refractivity contribution >= 4 is 5.95 Å². The number of ether oxygens (including phenoxy) is 1. The van der Waals surface area contributed by atoms with E-state index in [1.807, 2.05) is 26.8 Å². The first kappa shape index (κ1) is 15.7. The van der Waals surface area contributed by atoms with Crippen molar-refractivity contribution in [1.29, 1.82) is 0 Å². The van der Waals surface area contributed by atoms with Gasteiger partial charge in [-0.1, -0.05) is 13.8 Å². The first-order valence-electron chi connectivity index (χ1n) is 7.03. The van der Waals surface area contributed by atoms with E-state index < -0.39 is 0 Å². The van der Waals surface area contributed by atoms with Gasteiger partial charge in [0.15, 0.2) is 0 Å². The van der Waals surface area contributed by atoms with Crippen molar-refractivity contribution in [2.24, 2.45) is 0 Å². The van der Waals surface area contributed by atoms with Crippen LogP contribution in [0.3, 0.4) is 0 Å². The van der Waals surface area contributed by atoms with Crippen LogP contribution in [0.4, 0.5) is 5.95 Å². The summed E-state index contributed by atoms with van der Waals surface area (Å²) in [5.41, 5.74) is 0.913. The van der Waals surface area contributed by atoms with Crippen LogP contribution in [0.5, 0.6) is 5.88 Å². The first-order valence-corrected chi connectivity index (χ1v) is 7.03. The normalized spacial score (nSPS) is 11.1. The van der Waals surface area contributed by atoms with Crippen LogP contribution in [0.2, 0.25) is 0 Å². The molecule has 0 radical (unpaired) electrons. The maximum absolute atomic E-state index is 5.60. The van der Waals surface area contributed by atoms with Crippen LogP contribution >= 0.6 is 0 Å². The second kappa shape index (κ2) is 7.94. The highest BCUT2D eigenvalue weighted by Crippen LogP contribution is 2.13. The van der Waals surface area contributed by atoms with Crippen LogP contribution in [0.25, 0.3) is 0 Å². The van der Waals surface area contributed by atoms with Gasteiger partial charge in [0.1, 0.15) is 0 Å². The largest absolute Gasteiger partial charge is 0.475 e. The Hall–Kier alpha value is -1.36. The minimum absolute atomic E-state index is 0.123. The molecule has 1 rings (SSSR count). The molecular weight excluding hydrogens is 240 g/mol. The summed E-state index contributed by atoms with van der Waals surface area (Å²) in [5.74, 6) is 1.27. The molecule has 0 aromatic carbocycles. The first-order chi connectivity index (χ1) is 9.05. The van der Waals surface area contributed by atoms with Gasteiger partial charge in [-0.15, -0.1) is 0 Å². The fourth-order valence-electron chi connectivity index (χ4n) is 1.79. The molecule has 0 spiro atoms. The Labute approximate surface area is 116 Å². The van der Waals surface area contributed by atoms with Crippen molar-refractivity contribution in [2.45, 2.75) is 40.7 Å². The van der Waals surface area contributed by atoms with Gasteiger partial charge in [0.2, 0.25) is 11.8 Å². The third-order valence-corrected chi connectivity index (χ3v) is 2.79. The highest BCUT2D eigenvalue weighted by atomic mass is 16.5. The van der Waals surface area contributed by atoms with E-state index in [0.717, 1.165) is 31.9 Å². The van der Waals surface area contributed by atoms with E-state index >= 15 is 0 Å². The van der Waals surface area contributed by atoms with Crippen LogP contribution in [0.15, 0.2) is 6.07 Å². The minimum atomic E-state index is 0.123. The van der Waals surface area contributed by atoms with Gasteiger partial charge in [-0.05, 0) is 33.9 Å². The smallest absolute Gasteiger partial charge is 0.226 e. The fraction of sp³-hybridized carbons (Fsp3) is 0.714. The van der Waals surface area contributed by atoms with Gasteiger partial charge >= 0.3 is 0 Å². The zero-order valence-electron chi connectivity index (χ0n) is 12.7. The van der Waals surface area contributed by atoms with Gasteiger partial charge in [-0.3, -0.25) is 0 Å². The number of rotatable bonds is 8. The molecule has 0 bridgehead atoms. The van der Waals surface area contributed by atoms with E-state index in [2.05, 4.69) is 34.0 Å². The Morgan fingerprint density at radius 1 is 1.26 bits per heavy atom. The Kier molecular flexibility index (Phi) is 6.56. The average Bonchev–Trinajstić information content (AvgIpc) is 2.33. The van der Waals surface area contributed by atoms with E-state index in [1.54, 1.807) is 0 Å². The molecule has 0 aliphatic carbocycles. The number of hydrogen-bond donors (Lipinski definition) is 1. The van der Waals surface area contributed by atoms with E-state index in [-0.39, 0.29) is 6.10 Å². The lowest BCUT2D eigenvalue weighted by Crippen LogP contribution is -2.29. The number of likely N-dealkylation sites (N-methyl/N-ethyl adjacent to an activating group) is 1. The summed E-state index contributed by atoms with van der Waals surface area (Å²) in [4.78, 5) is 11.1. The number of hydrogen-bond acceptors (Lipinski definition) is 5. The van der Waals surface area contributed by atoms with E-state index in [4.69, 9.17) is 4.74 Å². The van der Waals surface area contributed by atoms with Crippen LogP contribution in [-0.4, -0.2) is 47.2 Å². The second-order valence-electron chi connectivity index (χ2n) is 4.79. The topological polar surface area (TPSA) is 50.3 Å². The van der Waals surface area contributed by atoms with Crippen molar-refractivity contribution in [3.05, 3.63) is 11.8 Å². The number of nitrogens with zero attached hydrogens (tertiary/aromatic N) is 3. The van der Waals surface area contributed by atoms with Gasteiger partial charge in [-0.25, -0.2) is 4.98 Å². The summed E-state index contributed by atoms with van der Waals surface area (Å²) >= 11 is 0. The quantitative estimate of drug-likeness (QED) is 0.782. The predicted molar refractivity (Wildman–Crippen MR) is 78.8 cm³/mol. The summed E-state index contributed by atoms with van der Waals surface area (Å²) in [7, 11) is 0. The predicted octanol–water partition coefficient (Wildman–Crippen LogP) is 2.33. The standard InChI is InChI=1S/C14H26N4O/c1-6-18(7-2)9-8-15-14-16-12(5)10-13(17-14)19-11(3)4/h10-11H,6-9H2,1-5H3,(H,15,16,17). The molecule has 19 heavy (non-hydrogen) atoms. The average molecular weight is 266 g/mol. The molecule has 0 aliphatic rings. The molecule has 0 saturated carbocycles. The molecule has 1 N–H and O–H groups in total. The molecule has 1 aromatic heterocycles. The number of anilines is 1. The molecule has 0 fully saturated rings. The molecule has 108 valence electrons. The van der Waals surface area contributed by atoms with Crippen molar-refractivity contribution in [2.75, 3.05) is 31.5 Å². The van der Waals surface area contributed by atoms with Gasteiger partial charge in [0.25, 0.3) is 0 Å². The summed E-state index contributed by atoms with van der Waals surface area (Å²) in [6, 6.07) is 1.86. The molecular formula is C14H26N4O. The Morgan fingerprint density at radius 2 is 1.95 bits per heavy atom. The second-order valence-corrected chi connectivity index (χ2v) is 4.79. The Bertz CT molecular complexity index is 378. The molecule has 0 aliphatic heterocycles. The maximum atomic E-state index is 5.60. The Morgan fingerprint density at radius 3 is 2.53 bits per heavy atom. The van der Waals surface area contributed by atoms with Crippen molar-refractivity contribution in [3.8, 4) is 5.88 Å². The molecule has 5 heteroatoms. The monoisotopic (exact) mass is 266 g/mol. The van der Waals surface area contributed by atoms with E-state index in [0.29, 0.717) is 11.8 Å². The van der Waals surface area contributed by atoms with Crippen molar-refractivity contribution in [1.82, 2.24) is 14.9 Å².